The molecule has 1 heterocycles. The molecular formula is C23H32N4O3. The quantitative estimate of drug-likeness (QED) is 0.297. The number of guanidine groups is 1. The van der Waals surface area contributed by atoms with Gasteiger partial charge in [-0.05, 0) is 69.5 Å². The van der Waals surface area contributed by atoms with Crippen molar-refractivity contribution < 1.29 is 13.9 Å². The van der Waals surface area contributed by atoms with Crippen molar-refractivity contribution in [1.82, 2.24) is 10.6 Å². The summed E-state index contributed by atoms with van der Waals surface area (Å²) < 4.78 is 11.1. The fourth-order valence-corrected chi connectivity index (χ4v) is 2.88. The number of hydrogen-bond acceptors (Lipinski definition) is 4. The van der Waals surface area contributed by atoms with E-state index in [1.165, 1.54) is 0 Å². The lowest BCUT2D eigenvalue weighted by atomic mass is 10.3. The Bertz CT molecular complexity index is 796. The first-order valence-electron chi connectivity index (χ1n) is 10.7. The van der Waals surface area contributed by atoms with Gasteiger partial charge in [-0.25, -0.2) is 0 Å². The van der Waals surface area contributed by atoms with Gasteiger partial charge in [-0.2, -0.15) is 0 Å². The van der Waals surface area contributed by atoms with Gasteiger partial charge in [-0.1, -0.05) is 0 Å². The Morgan fingerprint density at radius 2 is 2.03 bits per heavy atom. The van der Waals surface area contributed by atoms with Crippen molar-refractivity contribution in [3.05, 3.63) is 48.4 Å². The van der Waals surface area contributed by atoms with Crippen LogP contribution in [0.4, 0.5) is 5.69 Å². The number of ether oxygens (including phenoxy) is 1. The molecule has 1 aromatic carbocycles. The Morgan fingerprint density at radius 3 is 2.70 bits per heavy atom. The molecule has 0 saturated heterocycles. The highest BCUT2D eigenvalue weighted by Gasteiger charge is 2.22. The van der Waals surface area contributed by atoms with E-state index in [-0.39, 0.29) is 12.0 Å². The molecule has 1 aliphatic rings. The Hall–Kier alpha value is -2.96. The van der Waals surface area contributed by atoms with Gasteiger partial charge in [-0.3, -0.25) is 9.79 Å². The van der Waals surface area contributed by atoms with E-state index < -0.39 is 0 Å². The molecule has 2 aromatic rings. The van der Waals surface area contributed by atoms with E-state index in [0.29, 0.717) is 37.9 Å². The van der Waals surface area contributed by atoms with Crippen LogP contribution in [0.25, 0.3) is 0 Å². The number of amides is 1. The van der Waals surface area contributed by atoms with Crippen LogP contribution in [0.5, 0.6) is 5.75 Å². The van der Waals surface area contributed by atoms with Gasteiger partial charge in [0, 0.05) is 37.7 Å². The van der Waals surface area contributed by atoms with Gasteiger partial charge in [0.05, 0.1) is 12.4 Å². The number of hydrogen-bond donors (Lipinski definition) is 3. The maximum Gasteiger partial charge on any atom is 0.220 e. The van der Waals surface area contributed by atoms with Crippen LogP contribution in [-0.4, -0.2) is 37.1 Å². The van der Waals surface area contributed by atoms with Crippen LogP contribution in [0.15, 0.2) is 52.1 Å². The first kappa shape index (κ1) is 21.7. The average Bonchev–Trinajstić information content (AvgIpc) is 3.37. The molecule has 162 valence electrons. The van der Waals surface area contributed by atoms with E-state index in [1.807, 2.05) is 50.2 Å². The van der Waals surface area contributed by atoms with Crippen LogP contribution in [0, 0.1) is 0 Å². The number of nitrogens with one attached hydrogen (secondary N) is 3. The largest absolute Gasteiger partial charge is 0.491 e. The summed E-state index contributed by atoms with van der Waals surface area (Å²) in [6, 6.07) is 12.0. The molecule has 7 heteroatoms. The van der Waals surface area contributed by atoms with Gasteiger partial charge in [0.25, 0.3) is 0 Å². The van der Waals surface area contributed by atoms with E-state index >= 15 is 0 Å². The Labute approximate surface area is 178 Å². The van der Waals surface area contributed by atoms with Crippen LogP contribution < -0.4 is 20.7 Å². The lowest BCUT2D eigenvalue weighted by molar-refractivity contribution is -0.121. The van der Waals surface area contributed by atoms with Gasteiger partial charge in [-0.15, -0.1) is 0 Å². The minimum absolute atomic E-state index is 0.119. The summed E-state index contributed by atoms with van der Waals surface area (Å²) in [5.74, 6) is 2.56. The predicted octanol–water partition coefficient (Wildman–Crippen LogP) is 3.73. The molecule has 3 N–H and O–H groups in total. The zero-order chi connectivity index (χ0) is 21.2. The van der Waals surface area contributed by atoms with Crippen LogP contribution in [-0.2, 0) is 11.2 Å². The SMILES string of the molecule is CC(C)Oc1ccc(NC(=NCCCC(=O)NC2CC2)NCCc2ccco2)cc1. The predicted molar refractivity (Wildman–Crippen MR) is 119 cm³/mol. The van der Waals surface area contributed by atoms with Gasteiger partial charge in [0.15, 0.2) is 5.96 Å². The van der Waals surface area contributed by atoms with Crippen molar-refractivity contribution in [2.75, 3.05) is 18.4 Å². The van der Waals surface area contributed by atoms with Crippen LogP contribution in [0.2, 0.25) is 0 Å². The molecule has 7 nitrogen and oxygen atoms in total. The minimum Gasteiger partial charge on any atom is -0.491 e. The Kier molecular flexibility index (Phi) is 8.18. The third kappa shape index (κ3) is 8.19. The molecule has 0 spiro atoms. The molecule has 0 unspecified atom stereocenters. The fraction of sp³-hybridized carbons (Fsp3) is 0.478. The summed E-state index contributed by atoms with van der Waals surface area (Å²) in [5.41, 5.74) is 0.918. The molecule has 0 atom stereocenters. The molecular weight excluding hydrogens is 380 g/mol. The molecule has 30 heavy (non-hydrogen) atoms. The maximum atomic E-state index is 11.8. The number of carbonyl (C=O) groups is 1. The minimum atomic E-state index is 0.119. The van der Waals surface area contributed by atoms with E-state index in [0.717, 1.165) is 36.5 Å². The monoisotopic (exact) mass is 412 g/mol. The van der Waals surface area contributed by atoms with E-state index in [1.54, 1.807) is 6.26 Å². The topological polar surface area (TPSA) is 87.9 Å². The summed E-state index contributed by atoms with van der Waals surface area (Å²) in [4.78, 5) is 16.5. The third-order valence-electron chi connectivity index (χ3n) is 4.51. The molecule has 0 bridgehead atoms. The fourth-order valence-electron chi connectivity index (χ4n) is 2.88. The molecule has 1 aliphatic carbocycles. The lowest BCUT2D eigenvalue weighted by Gasteiger charge is -2.14. The van der Waals surface area contributed by atoms with Gasteiger partial charge in [0.1, 0.15) is 11.5 Å². The Morgan fingerprint density at radius 1 is 1.23 bits per heavy atom. The van der Waals surface area contributed by atoms with Gasteiger partial charge < -0.3 is 25.1 Å². The first-order valence-corrected chi connectivity index (χ1v) is 10.7. The summed E-state index contributed by atoms with van der Waals surface area (Å²) in [7, 11) is 0. The normalized spacial score (nSPS) is 13.9. The number of furan rings is 1. The summed E-state index contributed by atoms with van der Waals surface area (Å²) in [6.45, 7) is 5.27. The van der Waals surface area contributed by atoms with Crippen LogP contribution >= 0.6 is 0 Å². The number of rotatable bonds is 11. The highest BCUT2D eigenvalue weighted by atomic mass is 16.5. The third-order valence-corrected chi connectivity index (χ3v) is 4.51. The first-order chi connectivity index (χ1) is 14.6. The van der Waals surface area contributed by atoms with Crippen LogP contribution in [0.3, 0.4) is 0 Å². The van der Waals surface area contributed by atoms with Crippen molar-refractivity contribution in [2.24, 2.45) is 4.99 Å². The number of anilines is 1. The van der Waals surface area contributed by atoms with Crippen molar-refractivity contribution in [3.63, 3.8) is 0 Å². The van der Waals surface area contributed by atoms with Crippen molar-refractivity contribution in [2.45, 2.75) is 58.1 Å². The molecule has 3 rings (SSSR count). The summed E-state index contributed by atoms with van der Waals surface area (Å²) in [6.07, 6.45) is 6.01. The smallest absolute Gasteiger partial charge is 0.220 e. The van der Waals surface area contributed by atoms with Gasteiger partial charge in [0.2, 0.25) is 5.91 Å². The van der Waals surface area contributed by atoms with E-state index in [9.17, 15) is 4.79 Å². The molecule has 0 radical (unpaired) electrons. The lowest BCUT2D eigenvalue weighted by Crippen LogP contribution is -2.32. The van der Waals surface area contributed by atoms with Crippen molar-refractivity contribution in [3.8, 4) is 5.75 Å². The molecule has 0 aliphatic heterocycles. The molecule has 1 fully saturated rings. The zero-order valence-electron chi connectivity index (χ0n) is 17.8. The summed E-state index contributed by atoms with van der Waals surface area (Å²) >= 11 is 0. The number of aliphatic imine (C=N–C) groups is 1. The molecule has 1 amide bonds. The van der Waals surface area contributed by atoms with Crippen molar-refractivity contribution >= 4 is 17.6 Å². The summed E-state index contributed by atoms with van der Waals surface area (Å²) in [5, 5.41) is 9.66. The second-order valence-corrected chi connectivity index (χ2v) is 7.75. The highest BCUT2D eigenvalue weighted by molar-refractivity contribution is 5.93. The van der Waals surface area contributed by atoms with Gasteiger partial charge >= 0.3 is 0 Å². The number of carbonyl (C=O) groups excluding carboxylic acids is 1. The average molecular weight is 413 g/mol. The standard InChI is InChI=1S/C23H32N4O3/c1-17(2)30-21-11-9-19(10-12-21)27-23(25-15-13-20-5-4-16-29-20)24-14-3-6-22(28)26-18-7-8-18/h4-5,9-12,16-18H,3,6-8,13-15H2,1-2H3,(H,26,28)(H2,24,25,27). The van der Waals surface area contributed by atoms with E-state index in [2.05, 4.69) is 20.9 Å². The Balaban J connectivity index is 1.51. The molecule has 1 saturated carbocycles. The second kappa shape index (κ2) is 11.3. The second-order valence-electron chi connectivity index (χ2n) is 7.75. The zero-order valence-corrected chi connectivity index (χ0v) is 17.8. The van der Waals surface area contributed by atoms with E-state index in [4.69, 9.17) is 9.15 Å². The molecule has 1 aromatic heterocycles. The maximum absolute atomic E-state index is 11.8. The highest BCUT2D eigenvalue weighted by Crippen LogP contribution is 2.19. The number of benzene rings is 1. The number of nitrogens with zero attached hydrogens (tertiary/aromatic N) is 1. The van der Waals surface area contributed by atoms with Crippen LogP contribution in [0.1, 0.15) is 45.3 Å². The van der Waals surface area contributed by atoms with Crippen molar-refractivity contribution in [1.29, 1.82) is 0 Å².